The summed E-state index contributed by atoms with van der Waals surface area (Å²) in [7, 11) is 0. The fourth-order valence-corrected chi connectivity index (χ4v) is 6.33. The first kappa shape index (κ1) is 27.8. The van der Waals surface area contributed by atoms with Crippen molar-refractivity contribution >= 4 is 5.78 Å². The van der Waals surface area contributed by atoms with Gasteiger partial charge in [0.2, 0.25) is 0 Å². The molecule has 32 heavy (non-hydrogen) atoms. The summed E-state index contributed by atoms with van der Waals surface area (Å²) in [4.78, 5) is 13.2. The first-order valence-corrected chi connectivity index (χ1v) is 13.8. The molecular weight excluding hydrogens is 392 g/mol. The SMILES string of the molecule is CC(C)(C)CC(C)(C(=O)CCCCNC1CCC(CC2CCC(N)CC2)CC1)C(C)(C)C. The molecule has 0 aromatic heterocycles. The highest BCUT2D eigenvalue weighted by Crippen LogP contribution is 2.48. The molecule has 2 rings (SSSR count). The fraction of sp³-hybridized carbons (Fsp3) is 0.966. The second-order valence-corrected chi connectivity index (χ2v) is 13.9. The minimum Gasteiger partial charge on any atom is -0.328 e. The number of unbranched alkanes of at least 4 members (excludes halogenated alkanes) is 1. The Balaban J connectivity index is 1.63. The van der Waals surface area contributed by atoms with Gasteiger partial charge in [0.25, 0.3) is 0 Å². The number of hydrogen-bond donors (Lipinski definition) is 2. The van der Waals surface area contributed by atoms with Crippen LogP contribution in [0.2, 0.25) is 0 Å². The van der Waals surface area contributed by atoms with Gasteiger partial charge in [0, 0.05) is 23.9 Å². The predicted molar refractivity (Wildman–Crippen MR) is 139 cm³/mol. The van der Waals surface area contributed by atoms with Crippen molar-refractivity contribution < 1.29 is 4.79 Å². The highest BCUT2D eigenvalue weighted by molar-refractivity contribution is 5.85. The molecule has 2 aliphatic rings. The van der Waals surface area contributed by atoms with E-state index < -0.39 is 0 Å². The lowest BCUT2D eigenvalue weighted by molar-refractivity contribution is -0.136. The van der Waals surface area contributed by atoms with Crippen LogP contribution in [-0.2, 0) is 4.79 Å². The molecule has 0 aromatic rings. The van der Waals surface area contributed by atoms with Gasteiger partial charge in [-0.15, -0.1) is 0 Å². The highest BCUT2D eigenvalue weighted by atomic mass is 16.1. The second-order valence-electron chi connectivity index (χ2n) is 13.9. The van der Waals surface area contributed by atoms with E-state index in [1.807, 2.05) is 0 Å². The van der Waals surface area contributed by atoms with Crippen molar-refractivity contribution in [3.63, 3.8) is 0 Å². The Morgan fingerprint density at radius 1 is 0.812 bits per heavy atom. The van der Waals surface area contributed by atoms with Crippen LogP contribution in [0.15, 0.2) is 0 Å². The van der Waals surface area contributed by atoms with Crippen LogP contribution < -0.4 is 11.1 Å². The normalized spacial score (nSPS) is 29.5. The van der Waals surface area contributed by atoms with E-state index in [4.69, 9.17) is 5.73 Å². The van der Waals surface area contributed by atoms with Crippen LogP contribution in [0.1, 0.15) is 132 Å². The molecule has 188 valence electrons. The van der Waals surface area contributed by atoms with Crippen molar-refractivity contribution in [3.8, 4) is 0 Å². The molecule has 3 heteroatoms. The minimum atomic E-state index is -0.250. The third kappa shape index (κ3) is 8.75. The summed E-state index contributed by atoms with van der Waals surface area (Å²) >= 11 is 0. The molecule has 3 N–H and O–H groups in total. The summed E-state index contributed by atoms with van der Waals surface area (Å²) in [5.74, 6) is 2.35. The van der Waals surface area contributed by atoms with Gasteiger partial charge in [0.05, 0.1) is 0 Å². The number of rotatable bonds is 10. The number of nitrogens with one attached hydrogen (secondary N) is 1. The van der Waals surface area contributed by atoms with Gasteiger partial charge in [-0.1, -0.05) is 48.5 Å². The van der Waals surface area contributed by atoms with E-state index in [9.17, 15) is 4.79 Å². The summed E-state index contributed by atoms with van der Waals surface area (Å²) in [6, 6.07) is 1.17. The first-order valence-electron chi connectivity index (χ1n) is 13.8. The van der Waals surface area contributed by atoms with Gasteiger partial charge in [-0.3, -0.25) is 4.79 Å². The van der Waals surface area contributed by atoms with E-state index in [1.54, 1.807) is 0 Å². The average molecular weight is 449 g/mol. The van der Waals surface area contributed by atoms with Gasteiger partial charge < -0.3 is 11.1 Å². The van der Waals surface area contributed by atoms with Gasteiger partial charge in [-0.05, 0) is 106 Å². The summed E-state index contributed by atoms with van der Waals surface area (Å²) in [5.41, 5.74) is 5.99. The van der Waals surface area contributed by atoms with E-state index >= 15 is 0 Å². The van der Waals surface area contributed by atoms with Crippen LogP contribution in [0.4, 0.5) is 0 Å². The van der Waals surface area contributed by atoms with Crippen LogP contribution in [0.25, 0.3) is 0 Å². The van der Waals surface area contributed by atoms with Crippen molar-refractivity contribution in [1.29, 1.82) is 0 Å². The smallest absolute Gasteiger partial charge is 0.139 e. The van der Waals surface area contributed by atoms with Crippen molar-refractivity contribution in [3.05, 3.63) is 0 Å². The molecule has 3 nitrogen and oxygen atoms in total. The molecule has 1 unspecified atom stereocenters. The summed E-state index contributed by atoms with van der Waals surface area (Å²) < 4.78 is 0. The molecule has 1 atom stereocenters. The highest BCUT2D eigenvalue weighted by Gasteiger charge is 2.45. The summed E-state index contributed by atoms with van der Waals surface area (Å²) in [5, 5.41) is 3.80. The average Bonchev–Trinajstić information content (AvgIpc) is 2.68. The van der Waals surface area contributed by atoms with Gasteiger partial charge in [-0.25, -0.2) is 0 Å². The number of nitrogens with two attached hydrogens (primary N) is 1. The molecule has 2 aliphatic carbocycles. The Kier molecular flexibility index (Phi) is 10.3. The molecule has 0 radical (unpaired) electrons. The van der Waals surface area contributed by atoms with Crippen molar-refractivity contribution in [1.82, 2.24) is 5.32 Å². The van der Waals surface area contributed by atoms with Crippen LogP contribution in [0.5, 0.6) is 0 Å². The second kappa shape index (κ2) is 11.8. The molecule has 2 saturated carbocycles. The van der Waals surface area contributed by atoms with Crippen LogP contribution >= 0.6 is 0 Å². The molecule has 0 saturated heterocycles. The quantitative estimate of drug-likeness (QED) is 0.345. The van der Waals surface area contributed by atoms with E-state index in [-0.39, 0.29) is 16.2 Å². The molecule has 0 amide bonds. The van der Waals surface area contributed by atoms with E-state index in [1.165, 1.54) is 57.8 Å². The minimum absolute atomic E-state index is 0.00208. The zero-order valence-corrected chi connectivity index (χ0v) is 22.7. The third-order valence-corrected chi connectivity index (χ3v) is 8.82. The number of Topliss-reactive ketones (excluding diaryl/α,β-unsaturated/α-hetero) is 1. The molecule has 0 spiro atoms. The molecule has 0 aliphatic heterocycles. The lowest BCUT2D eigenvalue weighted by Crippen LogP contribution is -2.43. The van der Waals surface area contributed by atoms with Gasteiger partial charge >= 0.3 is 0 Å². The zero-order chi connectivity index (χ0) is 24.0. The number of carbonyl (C=O) groups is 1. The lowest BCUT2D eigenvalue weighted by Gasteiger charge is -2.44. The molecule has 0 aromatic carbocycles. The monoisotopic (exact) mass is 448 g/mol. The van der Waals surface area contributed by atoms with E-state index in [2.05, 4.69) is 53.8 Å². The fourth-order valence-electron chi connectivity index (χ4n) is 6.33. The maximum atomic E-state index is 13.2. The Labute approximate surface area is 200 Å². The predicted octanol–water partition coefficient (Wildman–Crippen LogP) is 7.27. The van der Waals surface area contributed by atoms with E-state index in [0.717, 1.165) is 44.1 Å². The van der Waals surface area contributed by atoms with Crippen molar-refractivity contribution in [2.75, 3.05) is 6.54 Å². The third-order valence-electron chi connectivity index (χ3n) is 8.82. The standard InChI is InChI=1S/C29H56N2O/c1-27(2,3)21-29(7,28(4,5)6)26(32)10-8-9-19-31-25-17-13-23(14-18-25)20-22-11-15-24(30)16-12-22/h22-25,31H,8-21,30H2,1-7H3. The Bertz CT molecular complexity index is 557. The number of carbonyl (C=O) groups excluding carboxylic acids is 1. The maximum Gasteiger partial charge on any atom is 0.139 e. The molecule has 2 fully saturated rings. The Morgan fingerprint density at radius 3 is 1.84 bits per heavy atom. The van der Waals surface area contributed by atoms with Crippen LogP contribution in [-0.4, -0.2) is 24.4 Å². The first-order chi connectivity index (χ1) is 14.8. The van der Waals surface area contributed by atoms with E-state index in [0.29, 0.717) is 17.9 Å². The van der Waals surface area contributed by atoms with Gasteiger partial charge in [-0.2, -0.15) is 0 Å². The van der Waals surface area contributed by atoms with Crippen molar-refractivity contribution in [2.45, 2.75) is 144 Å². The summed E-state index contributed by atoms with van der Waals surface area (Å²) in [6.45, 7) is 16.7. The van der Waals surface area contributed by atoms with Crippen LogP contribution in [0, 0.1) is 28.1 Å². The van der Waals surface area contributed by atoms with Gasteiger partial charge in [0.1, 0.15) is 5.78 Å². The largest absolute Gasteiger partial charge is 0.328 e. The zero-order valence-electron chi connectivity index (χ0n) is 22.7. The molecular formula is C29H56N2O. The number of hydrogen-bond acceptors (Lipinski definition) is 3. The topological polar surface area (TPSA) is 55.1 Å². The Morgan fingerprint density at radius 2 is 1.34 bits per heavy atom. The maximum absolute atomic E-state index is 13.2. The summed E-state index contributed by atoms with van der Waals surface area (Å²) in [6.07, 6.45) is 15.9. The number of ketones is 1. The molecule has 0 bridgehead atoms. The van der Waals surface area contributed by atoms with Crippen molar-refractivity contribution in [2.24, 2.45) is 33.8 Å². The van der Waals surface area contributed by atoms with Crippen LogP contribution in [0.3, 0.4) is 0 Å². The van der Waals surface area contributed by atoms with Gasteiger partial charge in [0.15, 0.2) is 0 Å². The Hall–Kier alpha value is -0.410. The lowest BCUT2D eigenvalue weighted by atomic mass is 9.58. The molecule has 0 heterocycles.